The maximum atomic E-state index is 13.1. The van der Waals surface area contributed by atoms with Gasteiger partial charge in [-0.3, -0.25) is 4.79 Å². The molecular weight excluding hydrogens is 496 g/mol. The van der Waals surface area contributed by atoms with Gasteiger partial charge in [0.25, 0.3) is 5.91 Å². The molecule has 0 aliphatic carbocycles. The first-order valence-electron chi connectivity index (χ1n) is 9.79. The second-order valence-electron chi connectivity index (χ2n) is 7.11. The quantitative estimate of drug-likeness (QED) is 0.259. The Morgan fingerprint density at radius 1 is 0.771 bits per heavy atom. The number of hydrogen-bond acceptors (Lipinski definition) is 3. The van der Waals surface area contributed by atoms with Crippen LogP contribution < -0.4 is 20.7 Å². The molecule has 5 nitrogen and oxygen atoms in total. The first kappa shape index (κ1) is 25.8. The van der Waals surface area contributed by atoms with Gasteiger partial charge in [0.15, 0.2) is 5.11 Å². The maximum Gasteiger partial charge on any atom is 0.416 e. The zero-order valence-electron chi connectivity index (χ0n) is 17.8. The van der Waals surface area contributed by atoms with Gasteiger partial charge in [-0.15, -0.1) is 0 Å². The van der Waals surface area contributed by atoms with Crippen molar-refractivity contribution in [1.29, 1.82) is 0 Å². The number of ether oxygens (including phenoxy) is 1. The summed E-state index contributed by atoms with van der Waals surface area (Å²) in [5.74, 6) is -0.237. The average Bonchev–Trinajstić information content (AvgIpc) is 2.78. The number of halogens is 6. The number of rotatable bonds is 5. The molecule has 0 atom stereocenters. The molecule has 0 heterocycles. The third-order valence-corrected chi connectivity index (χ3v) is 4.79. The van der Waals surface area contributed by atoms with Crippen LogP contribution in [0.25, 0.3) is 0 Å². The highest BCUT2D eigenvalue weighted by Crippen LogP contribution is 2.37. The van der Waals surface area contributed by atoms with Gasteiger partial charge in [-0.1, -0.05) is 18.2 Å². The Morgan fingerprint density at radius 3 is 1.91 bits per heavy atom. The molecule has 1 amide bonds. The van der Waals surface area contributed by atoms with Gasteiger partial charge >= 0.3 is 12.4 Å². The van der Waals surface area contributed by atoms with Crippen molar-refractivity contribution in [3.8, 4) is 5.75 Å². The molecule has 0 aliphatic rings. The van der Waals surface area contributed by atoms with Crippen LogP contribution in [0.1, 0.15) is 21.5 Å². The lowest BCUT2D eigenvalue weighted by atomic mass is 10.1. The van der Waals surface area contributed by atoms with E-state index in [-0.39, 0.29) is 28.2 Å². The zero-order valence-corrected chi connectivity index (χ0v) is 18.7. The van der Waals surface area contributed by atoms with Crippen LogP contribution in [0, 0.1) is 0 Å². The summed E-state index contributed by atoms with van der Waals surface area (Å²) in [6, 6.07) is 13.9. The molecule has 0 aliphatic heterocycles. The molecule has 0 saturated carbocycles. The summed E-state index contributed by atoms with van der Waals surface area (Å²) in [5, 5.41) is 7.32. The SMILES string of the molecule is COc1ccc(C(=O)Nc2ccccc2)cc1NC(=S)Nc1cc(C(F)(F)F)cc(C(F)(F)F)c1. The fourth-order valence-corrected chi connectivity index (χ4v) is 3.21. The number of amides is 1. The van der Waals surface area contributed by atoms with Crippen molar-refractivity contribution in [1.82, 2.24) is 0 Å². The van der Waals surface area contributed by atoms with Gasteiger partial charge in [-0.2, -0.15) is 26.3 Å². The highest BCUT2D eigenvalue weighted by molar-refractivity contribution is 7.80. The third kappa shape index (κ3) is 6.85. The molecule has 0 spiro atoms. The van der Waals surface area contributed by atoms with Crippen molar-refractivity contribution in [2.45, 2.75) is 12.4 Å². The van der Waals surface area contributed by atoms with E-state index >= 15 is 0 Å². The number of alkyl halides is 6. The van der Waals surface area contributed by atoms with Crippen molar-refractivity contribution in [2.24, 2.45) is 0 Å². The van der Waals surface area contributed by atoms with Crippen LogP contribution in [0.4, 0.5) is 43.4 Å². The van der Waals surface area contributed by atoms with Gasteiger partial charge in [0.2, 0.25) is 0 Å². The Hall–Kier alpha value is -3.80. The predicted molar refractivity (Wildman–Crippen MR) is 124 cm³/mol. The summed E-state index contributed by atoms with van der Waals surface area (Å²) in [4.78, 5) is 12.6. The second kappa shape index (κ2) is 10.2. The summed E-state index contributed by atoms with van der Waals surface area (Å²) >= 11 is 5.07. The molecule has 3 N–H and O–H groups in total. The topological polar surface area (TPSA) is 62.4 Å². The van der Waals surface area contributed by atoms with E-state index in [9.17, 15) is 31.1 Å². The number of benzene rings is 3. The Balaban J connectivity index is 1.83. The number of carbonyl (C=O) groups excluding carboxylic acids is 1. The molecule has 0 bridgehead atoms. The highest BCUT2D eigenvalue weighted by atomic mass is 32.1. The van der Waals surface area contributed by atoms with Crippen LogP contribution in [0.5, 0.6) is 5.75 Å². The number of para-hydroxylation sites is 1. The number of nitrogens with one attached hydrogen (secondary N) is 3. The molecule has 0 fully saturated rings. The van der Waals surface area contributed by atoms with Crippen LogP contribution in [0.3, 0.4) is 0 Å². The number of thiocarbonyl (C=S) groups is 1. The van der Waals surface area contributed by atoms with E-state index in [1.165, 1.54) is 25.3 Å². The fraction of sp³-hybridized carbons (Fsp3) is 0.130. The van der Waals surface area contributed by atoms with E-state index in [4.69, 9.17) is 17.0 Å². The minimum Gasteiger partial charge on any atom is -0.495 e. The van der Waals surface area contributed by atoms with Crippen LogP contribution in [0.15, 0.2) is 66.7 Å². The average molecular weight is 513 g/mol. The van der Waals surface area contributed by atoms with E-state index in [0.29, 0.717) is 17.8 Å². The van der Waals surface area contributed by atoms with Crippen LogP contribution in [0.2, 0.25) is 0 Å². The zero-order chi connectivity index (χ0) is 25.8. The lowest BCUT2D eigenvalue weighted by Gasteiger charge is -2.17. The maximum absolute atomic E-state index is 13.1. The molecule has 0 unspecified atom stereocenters. The minimum atomic E-state index is -5.00. The van der Waals surface area contributed by atoms with Gasteiger partial charge in [0, 0.05) is 16.9 Å². The standard InChI is InChI=1S/C23H17F6N3O2S/c1-34-19-8-7-13(20(33)30-16-5-3-2-4-6-16)9-18(19)32-21(35)31-17-11-14(22(24,25)26)10-15(12-17)23(27,28)29/h2-12H,1H3,(H,30,33)(H2,31,32,35). The summed E-state index contributed by atoms with van der Waals surface area (Å²) in [5.41, 5.74) is -2.61. The number of hydrogen-bond donors (Lipinski definition) is 3. The highest BCUT2D eigenvalue weighted by Gasteiger charge is 2.37. The second-order valence-corrected chi connectivity index (χ2v) is 7.52. The Kier molecular flexibility index (Phi) is 7.54. The van der Waals surface area contributed by atoms with Gasteiger partial charge in [-0.25, -0.2) is 0 Å². The van der Waals surface area contributed by atoms with E-state index in [0.717, 1.165) is 0 Å². The predicted octanol–water partition coefficient (Wildman–Crippen LogP) is 6.79. The van der Waals surface area contributed by atoms with E-state index in [2.05, 4.69) is 16.0 Å². The Morgan fingerprint density at radius 2 is 1.37 bits per heavy atom. The summed E-state index contributed by atoms with van der Waals surface area (Å²) < 4.78 is 83.8. The molecule has 35 heavy (non-hydrogen) atoms. The lowest BCUT2D eigenvalue weighted by molar-refractivity contribution is -0.143. The largest absolute Gasteiger partial charge is 0.495 e. The van der Waals surface area contributed by atoms with Gasteiger partial charge in [0.05, 0.1) is 23.9 Å². The van der Waals surface area contributed by atoms with Crippen LogP contribution in [-0.4, -0.2) is 18.1 Å². The molecule has 0 radical (unpaired) electrons. The first-order valence-corrected chi connectivity index (χ1v) is 10.2. The Bertz CT molecular complexity index is 1200. The lowest BCUT2D eigenvalue weighted by Crippen LogP contribution is -2.21. The van der Waals surface area contributed by atoms with Gasteiger partial charge < -0.3 is 20.7 Å². The number of anilines is 3. The van der Waals surface area contributed by atoms with Crippen molar-refractivity contribution in [3.05, 3.63) is 83.4 Å². The molecule has 12 heteroatoms. The summed E-state index contributed by atoms with van der Waals surface area (Å²) in [6.07, 6.45) is -10.0. The first-order chi connectivity index (χ1) is 16.4. The Labute approximate surface area is 201 Å². The van der Waals surface area contributed by atoms with Crippen molar-refractivity contribution in [2.75, 3.05) is 23.1 Å². The minimum absolute atomic E-state index is 0.0134. The normalized spacial score (nSPS) is 11.5. The van der Waals surface area contributed by atoms with Gasteiger partial charge in [-0.05, 0) is 60.7 Å². The molecule has 0 saturated heterocycles. The monoisotopic (exact) mass is 513 g/mol. The molecule has 184 valence electrons. The van der Waals surface area contributed by atoms with Crippen LogP contribution in [-0.2, 0) is 12.4 Å². The number of carbonyl (C=O) groups is 1. The van der Waals surface area contributed by atoms with Crippen molar-refractivity contribution < 1.29 is 35.9 Å². The summed E-state index contributed by atoms with van der Waals surface area (Å²) in [7, 11) is 1.34. The van der Waals surface area contributed by atoms with Crippen LogP contribution >= 0.6 is 12.2 Å². The van der Waals surface area contributed by atoms with Crippen molar-refractivity contribution >= 4 is 40.3 Å². The molecular formula is C23H17F6N3O2S. The van der Waals surface area contributed by atoms with E-state index < -0.39 is 35.1 Å². The molecule has 3 aromatic carbocycles. The molecule has 3 rings (SSSR count). The third-order valence-electron chi connectivity index (χ3n) is 4.59. The fourth-order valence-electron chi connectivity index (χ4n) is 2.98. The number of methoxy groups -OCH3 is 1. The molecule has 0 aromatic heterocycles. The van der Waals surface area contributed by atoms with Crippen molar-refractivity contribution in [3.63, 3.8) is 0 Å². The smallest absolute Gasteiger partial charge is 0.416 e. The summed E-state index contributed by atoms with van der Waals surface area (Å²) in [6.45, 7) is 0. The van der Waals surface area contributed by atoms with Gasteiger partial charge in [0.1, 0.15) is 5.75 Å². The van der Waals surface area contributed by atoms with E-state index in [1.807, 2.05) is 0 Å². The van der Waals surface area contributed by atoms with E-state index in [1.54, 1.807) is 30.3 Å². The molecule has 3 aromatic rings.